The molecular weight excluding hydrogens is 498 g/mol. The molecule has 1 heterocycles. The van der Waals surface area contributed by atoms with Gasteiger partial charge in [0.25, 0.3) is 5.91 Å². The number of rotatable bonds is 12. The summed E-state index contributed by atoms with van der Waals surface area (Å²) in [5.41, 5.74) is 3.67. The molecule has 0 saturated heterocycles. The minimum absolute atomic E-state index is 0.0121. The molecule has 3 N–H and O–H groups in total. The monoisotopic (exact) mass is 531 g/mol. The Hall–Kier alpha value is -3.64. The number of benzene rings is 3. The molecule has 0 bridgehead atoms. The fourth-order valence-electron chi connectivity index (χ4n) is 4.88. The van der Waals surface area contributed by atoms with E-state index in [2.05, 4.69) is 24.1 Å². The molecule has 3 aromatic carbocycles. The molecule has 198 valence electrons. The fraction of sp³-hybridized carbons (Fsp3) is 0.323. The minimum Gasteiger partial charge on any atom is -0.478 e. The average molecular weight is 532 g/mol. The van der Waals surface area contributed by atoms with Crippen molar-refractivity contribution in [3.8, 4) is 22.5 Å². The third kappa shape index (κ3) is 6.25. The highest BCUT2D eigenvalue weighted by atomic mass is 35.5. The van der Waals surface area contributed by atoms with Crippen LogP contribution in [0.15, 0.2) is 60.7 Å². The van der Waals surface area contributed by atoms with Gasteiger partial charge in [0.1, 0.15) is 5.82 Å². The van der Waals surface area contributed by atoms with E-state index in [1.165, 1.54) is 18.9 Å². The molecule has 0 fully saturated rings. The summed E-state index contributed by atoms with van der Waals surface area (Å²) in [4.78, 5) is 33.5. The molecule has 0 radical (unpaired) electrons. The summed E-state index contributed by atoms with van der Waals surface area (Å²) in [5, 5.41) is 13.7. The molecule has 4 rings (SSSR count). The van der Waals surface area contributed by atoms with E-state index in [1.54, 1.807) is 18.2 Å². The van der Waals surface area contributed by atoms with Crippen LogP contribution in [0.2, 0.25) is 5.02 Å². The molecule has 38 heavy (non-hydrogen) atoms. The lowest BCUT2D eigenvalue weighted by Crippen LogP contribution is -2.34. The van der Waals surface area contributed by atoms with Crippen LogP contribution in [-0.4, -0.2) is 33.0 Å². The van der Waals surface area contributed by atoms with Crippen LogP contribution in [0.4, 0.5) is 0 Å². The van der Waals surface area contributed by atoms with Crippen molar-refractivity contribution in [1.29, 1.82) is 0 Å². The second-order valence-corrected chi connectivity index (χ2v) is 10.0. The van der Waals surface area contributed by atoms with Gasteiger partial charge in [-0.15, -0.1) is 0 Å². The van der Waals surface area contributed by atoms with Crippen molar-refractivity contribution in [1.82, 2.24) is 15.3 Å². The van der Waals surface area contributed by atoms with Crippen LogP contribution >= 0.6 is 11.6 Å². The van der Waals surface area contributed by atoms with E-state index in [0.717, 1.165) is 43.1 Å². The van der Waals surface area contributed by atoms with Crippen molar-refractivity contribution < 1.29 is 14.7 Å². The van der Waals surface area contributed by atoms with Gasteiger partial charge in [-0.1, -0.05) is 87.9 Å². The van der Waals surface area contributed by atoms with Crippen LogP contribution in [0.3, 0.4) is 0 Å². The fourth-order valence-corrected chi connectivity index (χ4v) is 5.16. The van der Waals surface area contributed by atoms with Gasteiger partial charge in [-0.2, -0.15) is 0 Å². The van der Waals surface area contributed by atoms with Crippen molar-refractivity contribution in [2.45, 2.75) is 64.8 Å². The quantitative estimate of drug-likeness (QED) is 0.161. The first kappa shape index (κ1) is 27.4. The minimum atomic E-state index is -1.13. The molecule has 1 aromatic heterocycles. The number of aromatic amines is 1. The van der Waals surface area contributed by atoms with Crippen LogP contribution < -0.4 is 5.32 Å². The Morgan fingerprint density at radius 2 is 1.76 bits per heavy atom. The van der Waals surface area contributed by atoms with Gasteiger partial charge in [-0.3, -0.25) is 4.79 Å². The van der Waals surface area contributed by atoms with Crippen molar-refractivity contribution >= 4 is 34.5 Å². The van der Waals surface area contributed by atoms with Gasteiger partial charge in [0.05, 0.1) is 16.6 Å². The maximum atomic E-state index is 13.2. The third-order valence-electron chi connectivity index (χ3n) is 6.82. The summed E-state index contributed by atoms with van der Waals surface area (Å²) in [6.45, 7) is 4.28. The number of imidazole rings is 1. The predicted octanol–water partition coefficient (Wildman–Crippen LogP) is 8.12. The van der Waals surface area contributed by atoms with Crippen LogP contribution in [-0.2, 0) is 0 Å². The molecule has 1 unspecified atom stereocenters. The largest absolute Gasteiger partial charge is 0.478 e. The zero-order valence-electron chi connectivity index (χ0n) is 21.9. The molecule has 0 aliphatic rings. The summed E-state index contributed by atoms with van der Waals surface area (Å²) >= 11 is 6.65. The first-order chi connectivity index (χ1) is 18.4. The number of carboxylic acids is 1. The Kier molecular flexibility index (Phi) is 9.19. The zero-order chi connectivity index (χ0) is 27.1. The Balaban J connectivity index is 1.68. The van der Waals surface area contributed by atoms with Crippen molar-refractivity contribution in [2.75, 3.05) is 0 Å². The number of carboxylic acid groups (broad SMARTS) is 1. The highest BCUT2D eigenvalue weighted by Crippen LogP contribution is 2.39. The van der Waals surface area contributed by atoms with Gasteiger partial charge in [0, 0.05) is 27.8 Å². The molecule has 4 aromatic rings. The summed E-state index contributed by atoms with van der Waals surface area (Å²) in [6.07, 6.45) is 7.35. The SMILES string of the molecule is CCCCCCC(CCC)NC(=O)c1ccc(-c2c(Cl)cccc2-c2nc3ccccc3[nH]2)c(C(=O)O)c1. The number of fused-ring (bicyclic) bond motifs is 1. The number of carbonyl (C=O) groups excluding carboxylic acids is 1. The number of amides is 1. The normalized spacial score (nSPS) is 12.0. The maximum absolute atomic E-state index is 13.2. The molecule has 0 spiro atoms. The van der Waals surface area contributed by atoms with Gasteiger partial charge >= 0.3 is 5.97 Å². The number of aromatic nitrogens is 2. The smallest absolute Gasteiger partial charge is 0.336 e. The Morgan fingerprint density at radius 3 is 2.50 bits per heavy atom. The molecule has 6 nitrogen and oxygen atoms in total. The predicted molar refractivity (Wildman–Crippen MR) is 154 cm³/mol. The van der Waals surface area contributed by atoms with Crippen LogP contribution in [0, 0.1) is 0 Å². The average Bonchev–Trinajstić information content (AvgIpc) is 3.35. The maximum Gasteiger partial charge on any atom is 0.336 e. The molecule has 7 heteroatoms. The van der Waals surface area contributed by atoms with E-state index >= 15 is 0 Å². The first-order valence-corrected chi connectivity index (χ1v) is 13.7. The molecule has 0 saturated carbocycles. The Bertz CT molecular complexity index is 1400. The number of aromatic carboxylic acids is 1. The molecule has 0 aliphatic heterocycles. The molecule has 0 aliphatic carbocycles. The highest BCUT2D eigenvalue weighted by Gasteiger charge is 2.22. The topological polar surface area (TPSA) is 95.1 Å². The molecular formula is C31H34ClN3O3. The van der Waals surface area contributed by atoms with Crippen molar-refractivity contribution in [3.63, 3.8) is 0 Å². The van der Waals surface area contributed by atoms with E-state index in [0.29, 0.717) is 33.1 Å². The van der Waals surface area contributed by atoms with Gasteiger partial charge < -0.3 is 15.4 Å². The van der Waals surface area contributed by atoms with E-state index in [9.17, 15) is 14.7 Å². The van der Waals surface area contributed by atoms with Gasteiger partial charge in [-0.05, 0) is 48.7 Å². The summed E-state index contributed by atoms with van der Waals surface area (Å²) in [5.74, 6) is -0.799. The number of unbranched alkanes of at least 4 members (excludes halogenated alkanes) is 3. The number of carbonyl (C=O) groups is 2. The number of hydrogen-bond donors (Lipinski definition) is 3. The Labute approximate surface area is 228 Å². The number of nitrogens with zero attached hydrogens (tertiary/aromatic N) is 1. The zero-order valence-corrected chi connectivity index (χ0v) is 22.6. The number of para-hydroxylation sites is 2. The number of H-pyrrole nitrogens is 1. The molecule has 1 atom stereocenters. The summed E-state index contributed by atoms with van der Waals surface area (Å²) < 4.78 is 0. The lowest BCUT2D eigenvalue weighted by molar-refractivity contribution is 0.0697. The number of hydrogen-bond acceptors (Lipinski definition) is 3. The van der Waals surface area contributed by atoms with E-state index < -0.39 is 5.97 Å². The van der Waals surface area contributed by atoms with Gasteiger partial charge in [0.15, 0.2) is 0 Å². The van der Waals surface area contributed by atoms with E-state index in [-0.39, 0.29) is 17.5 Å². The number of halogens is 1. The van der Waals surface area contributed by atoms with Crippen LogP contribution in [0.5, 0.6) is 0 Å². The Morgan fingerprint density at radius 1 is 0.947 bits per heavy atom. The number of nitrogens with one attached hydrogen (secondary N) is 2. The van der Waals surface area contributed by atoms with Crippen LogP contribution in [0.25, 0.3) is 33.5 Å². The van der Waals surface area contributed by atoms with Crippen molar-refractivity contribution in [3.05, 3.63) is 76.8 Å². The lowest BCUT2D eigenvalue weighted by Gasteiger charge is -2.19. The second kappa shape index (κ2) is 12.7. The lowest BCUT2D eigenvalue weighted by atomic mass is 9.93. The van der Waals surface area contributed by atoms with E-state index in [1.807, 2.05) is 36.4 Å². The summed E-state index contributed by atoms with van der Waals surface area (Å²) in [7, 11) is 0. The van der Waals surface area contributed by atoms with Crippen LogP contribution in [0.1, 0.15) is 79.5 Å². The third-order valence-corrected chi connectivity index (χ3v) is 7.13. The standard InChI is InChI=1S/C31H34ClN3O3/c1-3-5-6-7-12-21(11-4-2)33-30(36)20-17-18-22(24(19-20)31(37)38)28-23(13-10-14-25(28)32)29-34-26-15-8-9-16-27(26)35-29/h8-10,13-19,21H,3-7,11-12H2,1-2H3,(H,33,36)(H,34,35)(H,37,38). The van der Waals surface area contributed by atoms with Crippen molar-refractivity contribution in [2.24, 2.45) is 0 Å². The highest BCUT2D eigenvalue weighted by molar-refractivity contribution is 6.34. The molecule has 1 amide bonds. The first-order valence-electron chi connectivity index (χ1n) is 13.3. The summed E-state index contributed by atoms with van der Waals surface area (Å²) in [6, 6.07) is 17.9. The van der Waals surface area contributed by atoms with Gasteiger partial charge in [0.2, 0.25) is 0 Å². The van der Waals surface area contributed by atoms with Gasteiger partial charge in [-0.25, -0.2) is 9.78 Å². The second-order valence-electron chi connectivity index (χ2n) is 9.64. The van der Waals surface area contributed by atoms with E-state index in [4.69, 9.17) is 16.6 Å².